The highest BCUT2D eigenvalue weighted by molar-refractivity contribution is 7.15. The first-order valence-electron chi connectivity index (χ1n) is 5.30. The molecule has 2 heterocycles. The molecule has 1 aromatic rings. The Morgan fingerprint density at radius 3 is 2.88 bits per heavy atom. The molecule has 1 aliphatic heterocycles. The van der Waals surface area contributed by atoms with Gasteiger partial charge < -0.3 is 10.1 Å². The third-order valence-corrected chi connectivity index (χ3v) is 3.65. The van der Waals surface area contributed by atoms with E-state index in [4.69, 9.17) is 4.74 Å². The van der Waals surface area contributed by atoms with Crippen LogP contribution in [0.4, 0.5) is 5.00 Å². The van der Waals surface area contributed by atoms with Crippen molar-refractivity contribution in [2.75, 3.05) is 13.2 Å². The lowest BCUT2D eigenvalue weighted by Crippen LogP contribution is -2.34. The van der Waals surface area contributed by atoms with Crippen molar-refractivity contribution in [3.8, 4) is 0 Å². The molecule has 0 bridgehead atoms. The maximum absolute atomic E-state index is 10.5. The van der Waals surface area contributed by atoms with Crippen LogP contribution in [0.3, 0.4) is 0 Å². The zero-order valence-electron chi connectivity index (χ0n) is 8.85. The van der Waals surface area contributed by atoms with E-state index in [1.165, 1.54) is 11.3 Å². The SMILES string of the molecule is O=[N+]([O-])c1ccc(CNC2CCOCC2)s1. The van der Waals surface area contributed by atoms with Crippen LogP contribution >= 0.6 is 11.3 Å². The first-order chi connectivity index (χ1) is 7.75. The van der Waals surface area contributed by atoms with Gasteiger partial charge in [0.25, 0.3) is 0 Å². The molecule has 1 fully saturated rings. The van der Waals surface area contributed by atoms with E-state index in [1.807, 2.05) is 6.07 Å². The summed E-state index contributed by atoms with van der Waals surface area (Å²) in [4.78, 5) is 11.2. The molecule has 16 heavy (non-hydrogen) atoms. The summed E-state index contributed by atoms with van der Waals surface area (Å²) >= 11 is 1.24. The van der Waals surface area contributed by atoms with Gasteiger partial charge in [-0.15, -0.1) is 0 Å². The average Bonchev–Trinajstić information content (AvgIpc) is 2.76. The average molecular weight is 242 g/mol. The number of rotatable bonds is 4. The van der Waals surface area contributed by atoms with E-state index in [0.29, 0.717) is 12.6 Å². The molecule has 0 radical (unpaired) electrons. The highest BCUT2D eigenvalue weighted by Gasteiger charge is 2.14. The first kappa shape index (κ1) is 11.5. The molecule has 5 nitrogen and oxygen atoms in total. The molecule has 0 unspecified atom stereocenters. The van der Waals surface area contributed by atoms with E-state index < -0.39 is 0 Å². The number of hydrogen-bond donors (Lipinski definition) is 1. The molecule has 1 N–H and O–H groups in total. The fourth-order valence-electron chi connectivity index (χ4n) is 1.71. The number of nitrogens with one attached hydrogen (secondary N) is 1. The van der Waals surface area contributed by atoms with Crippen molar-refractivity contribution in [1.29, 1.82) is 0 Å². The largest absolute Gasteiger partial charge is 0.381 e. The lowest BCUT2D eigenvalue weighted by molar-refractivity contribution is -0.380. The number of nitro groups is 1. The number of ether oxygens (including phenoxy) is 1. The molecule has 1 aliphatic rings. The Morgan fingerprint density at radius 1 is 1.50 bits per heavy atom. The predicted molar refractivity (Wildman–Crippen MR) is 61.7 cm³/mol. The smallest absolute Gasteiger partial charge is 0.324 e. The molecule has 1 saturated heterocycles. The van der Waals surface area contributed by atoms with Crippen LogP contribution in [0.5, 0.6) is 0 Å². The molecular formula is C10H14N2O3S. The van der Waals surface area contributed by atoms with Crippen molar-refractivity contribution in [2.45, 2.75) is 25.4 Å². The van der Waals surface area contributed by atoms with Crippen molar-refractivity contribution >= 4 is 16.3 Å². The van der Waals surface area contributed by atoms with Crippen LogP contribution < -0.4 is 5.32 Å². The van der Waals surface area contributed by atoms with E-state index in [1.54, 1.807) is 6.07 Å². The first-order valence-corrected chi connectivity index (χ1v) is 6.11. The molecule has 0 spiro atoms. The van der Waals surface area contributed by atoms with Crippen molar-refractivity contribution in [2.24, 2.45) is 0 Å². The van der Waals surface area contributed by atoms with Gasteiger partial charge in [0.2, 0.25) is 0 Å². The lowest BCUT2D eigenvalue weighted by atomic mass is 10.1. The van der Waals surface area contributed by atoms with Gasteiger partial charge in [-0.05, 0) is 18.9 Å². The van der Waals surface area contributed by atoms with Gasteiger partial charge in [-0.25, -0.2) is 0 Å². The van der Waals surface area contributed by atoms with Crippen molar-refractivity contribution in [3.63, 3.8) is 0 Å². The van der Waals surface area contributed by atoms with E-state index in [-0.39, 0.29) is 9.92 Å². The van der Waals surface area contributed by atoms with Gasteiger partial charge in [0.05, 0.1) is 4.92 Å². The highest BCUT2D eigenvalue weighted by Crippen LogP contribution is 2.23. The second kappa shape index (κ2) is 5.38. The van der Waals surface area contributed by atoms with Crippen LogP contribution in [0, 0.1) is 10.1 Å². The third-order valence-electron chi connectivity index (χ3n) is 2.61. The quantitative estimate of drug-likeness (QED) is 0.647. The van der Waals surface area contributed by atoms with Crippen LogP contribution in [0.1, 0.15) is 17.7 Å². The van der Waals surface area contributed by atoms with Crippen molar-refractivity contribution in [1.82, 2.24) is 5.32 Å². The van der Waals surface area contributed by atoms with E-state index in [0.717, 1.165) is 30.9 Å². The number of nitrogens with zero attached hydrogens (tertiary/aromatic N) is 1. The summed E-state index contributed by atoms with van der Waals surface area (Å²) in [6.07, 6.45) is 2.04. The minimum atomic E-state index is -0.345. The monoisotopic (exact) mass is 242 g/mol. The number of hydrogen-bond acceptors (Lipinski definition) is 5. The molecule has 2 rings (SSSR count). The van der Waals surface area contributed by atoms with Gasteiger partial charge in [-0.1, -0.05) is 11.3 Å². The van der Waals surface area contributed by atoms with Crippen LogP contribution in [0.15, 0.2) is 12.1 Å². The van der Waals surface area contributed by atoms with Crippen LogP contribution in [-0.2, 0) is 11.3 Å². The van der Waals surface area contributed by atoms with Crippen LogP contribution in [0.25, 0.3) is 0 Å². The zero-order chi connectivity index (χ0) is 11.4. The summed E-state index contributed by atoms with van der Waals surface area (Å²) in [7, 11) is 0. The maximum atomic E-state index is 10.5. The van der Waals surface area contributed by atoms with Crippen molar-refractivity contribution < 1.29 is 9.66 Å². The number of thiophene rings is 1. The summed E-state index contributed by atoms with van der Waals surface area (Å²) in [6, 6.07) is 3.86. The van der Waals surface area contributed by atoms with E-state index in [9.17, 15) is 10.1 Å². The molecule has 0 aliphatic carbocycles. The summed E-state index contributed by atoms with van der Waals surface area (Å²) < 4.78 is 5.26. The molecule has 0 amide bonds. The second-order valence-corrected chi connectivity index (χ2v) is 4.91. The molecule has 88 valence electrons. The Kier molecular flexibility index (Phi) is 3.87. The van der Waals surface area contributed by atoms with Gasteiger partial charge in [-0.3, -0.25) is 10.1 Å². The molecule has 6 heteroatoms. The molecule has 1 aromatic heterocycles. The minimum Gasteiger partial charge on any atom is -0.381 e. The molecule has 0 saturated carbocycles. The third kappa shape index (κ3) is 3.01. The fraction of sp³-hybridized carbons (Fsp3) is 0.600. The topological polar surface area (TPSA) is 64.4 Å². The van der Waals surface area contributed by atoms with Crippen LogP contribution in [-0.4, -0.2) is 24.2 Å². The molecular weight excluding hydrogens is 228 g/mol. The Morgan fingerprint density at radius 2 is 2.25 bits per heavy atom. The van der Waals surface area contributed by atoms with Gasteiger partial charge in [0.15, 0.2) is 0 Å². The fourth-order valence-corrected chi connectivity index (χ4v) is 2.48. The van der Waals surface area contributed by atoms with Crippen LogP contribution in [0.2, 0.25) is 0 Å². The Hall–Kier alpha value is -0.980. The highest BCUT2D eigenvalue weighted by atomic mass is 32.1. The Labute approximate surface area is 97.6 Å². The Balaban J connectivity index is 1.81. The summed E-state index contributed by atoms with van der Waals surface area (Å²) in [5.41, 5.74) is 0. The maximum Gasteiger partial charge on any atom is 0.324 e. The van der Waals surface area contributed by atoms with Gasteiger partial charge in [0, 0.05) is 36.7 Å². The molecule has 0 atom stereocenters. The van der Waals surface area contributed by atoms with Gasteiger partial charge >= 0.3 is 5.00 Å². The van der Waals surface area contributed by atoms with Gasteiger partial charge in [-0.2, -0.15) is 0 Å². The van der Waals surface area contributed by atoms with E-state index >= 15 is 0 Å². The normalized spacial score (nSPS) is 17.5. The summed E-state index contributed by atoms with van der Waals surface area (Å²) in [5.74, 6) is 0. The van der Waals surface area contributed by atoms with Crippen molar-refractivity contribution in [3.05, 3.63) is 27.1 Å². The standard InChI is InChI=1S/C10H14N2O3S/c13-12(14)10-2-1-9(16-10)7-11-8-3-5-15-6-4-8/h1-2,8,11H,3-7H2. The van der Waals surface area contributed by atoms with E-state index in [2.05, 4.69) is 5.32 Å². The molecule has 0 aromatic carbocycles. The second-order valence-electron chi connectivity index (χ2n) is 3.76. The minimum absolute atomic E-state index is 0.212. The summed E-state index contributed by atoms with van der Waals surface area (Å²) in [5, 5.41) is 14.1. The summed E-state index contributed by atoms with van der Waals surface area (Å²) in [6.45, 7) is 2.33. The van der Waals surface area contributed by atoms with Gasteiger partial charge in [0.1, 0.15) is 0 Å². The zero-order valence-corrected chi connectivity index (χ0v) is 9.66. The predicted octanol–water partition coefficient (Wildman–Crippen LogP) is 1.92. The lowest BCUT2D eigenvalue weighted by Gasteiger charge is -2.22. The Bertz CT molecular complexity index is 361.